The Kier molecular flexibility index (Phi) is 4.47. The molecule has 1 atom stereocenters. The molecule has 0 amide bonds. The van der Waals surface area contributed by atoms with Crippen molar-refractivity contribution in [2.45, 2.75) is 30.1 Å². The number of carbonyl (C=O) groups excluding carboxylic acids is 1. The van der Waals surface area contributed by atoms with E-state index in [1.807, 2.05) is 13.2 Å². The SMILES string of the molecule is CSCc1nnc(S[C@H](C)C(C)=O)o1. The van der Waals surface area contributed by atoms with Gasteiger partial charge in [-0.3, -0.25) is 4.79 Å². The van der Waals surface area contributed by atoms with Gasteiger partial charge in [0.1, 0.15) is 5.78 Å². The Morgan fingerprint density at radius 2 is 2.29 bits per heavy atom. The lowest BCUT2D eigenvalue weighted by atomic mass is 10.3. The third kappa shape index (κ3) is 3.34. The largest absolute Gasteiger partial charge is 0.415 e. The summed E-state index contributed by atoms with van der Waals surface area (Å²) in [4.78, 5) is 11.0. The fourth-order valence-corrected chi connectivity index (χ4v) is 1.77. The van der Waals surface area contributed by atoms with E-state index in [1.165, 1.54) is 11.8 Å². The minimum absolute atomic E-state index is 0.111. The van der Waals surface area contributed by atoms with Crippen LogP contribution in [0.4, 0.5) is 0 Å². The first-order valence-corrected chi connectivity index (χ1v) is 6.39. The van der Waals surface area contributed by atoms with Crippen molar-refractivity contribution in [2.75, 3.05) is 6.26 Å². The molecule has 0 aliphatic carbocycles. The van der Waals surface area contributed by atoms with Crippen molar-refractivity contribution in [1.29, 1.82) is 0 Å². The predicted octanol–water partition coefficient (Wildman–Crippen LogP) is 2.00. The summed E-state index contributed by atoms with van der Waals surface area (Å²) in [6.45, 7) is 3.38. The summed E-state index contributed by atoms with van der Waals surface area (Å²) in [6.07, 6.45) is 1.97. The first kappa shape index (κ1) is 11.6. The molecule has 78 valence electrons. The molecule has 0 radical (unpaired) electrons. The molecule has 0 saturated heterocycles. The van der Waals surface area contributed by atoms with Gasteiger partial charge in [0.15, 0.2) is 0 Å². The summed E-state index contributed by atoms with van der Waals surface area (Å²) in [7, 11) is 0. The van der Waals surface area contributed by atoms with Crippen LogP contribution in [0.5, 0.6) is 0 Å². The number of hydrogen-bond acceptors (Lipinski definition) is 6. The Hall–Kier alpha value is -0.490. The molecule has 0 aliphatic heterocycles. The fourth-order valence-electron chi connectivity index (χ4n) is 0.702. The molecule has 0 aromatic carbocycles. The van der Waals surface area contributed by atoms with Gasteiger partial charge in [-0.05, 0) is 20.1 Å². The highest BCUT2D eigenvalue weighted by Crippen LogP contribution is 2.22. The number of nitrogens with zero attached hydrogens (tertiary/aromatic N) is 2. The Labute approximate surface area is 91.2 Å². The lowest BCUT2D eigenvalue weighted by molar-refractivity contribution is -0.116. The second kappa shape index (κ2) is 5.41. The normalized spacial score (nSPS) is 12.8. The van der Waals surface area contributed by atoms with Crippen LogP contribution in [-0.4, -0.2) is 27.5 Å². The molecule has 0 saturated carbocycles. The maximum atomic E-state index is 11.0. The molecule has 0 bridgehead atoms. The van der Waals surface area contributed by atoms with Crippen LogP contribution < -0.4 is 0 Å². The number of hydrogen-bond donors (Lipinski definition) is 0. The fraction of sp³-hybridized carbons (Fsp3) is 0.625. The highest BCUT2D eigenvalue weighted by atomic mass is 32.2. The maximum Gasteiger partial charge on any atom is 0.277 e. The molecule has 4 nitrogen and oxygen atoms in total. The number of Topliss-reactive ketones (excluding diaryl/α,β-unsaturated/α-hetero) is 1. The highest BCUT2D eigenvalue weighted by molar-refractivity contribution is 8.00. The van der Waals surface area contributed by atoms with Gasteiger partial charge >= 0.3 is 0 Å². The van der Waals surface area contributed by atoms with E-state index >= 15 is 0 Å². The topological polar surface area (TPSA) is 56.0 Å². The van der Waals surface area contributed by atoms with Crippen LogP contribution >= 0.6 is 23.5 Å². The van der Waals surface area contributed by atoms with Crippen LogP contribution in [0, 0.1) is 0 Å². The number of ketones is 1. The summed E-state index contributed by atoms with van der Waals surface area (Å²) in [5, 5.41) is 8.03. The van der Waals surface area contributed by atoms with Crippen molar-refractivity contribution in [3.63, 3.8) is 0 Å². The van der Waals surface area contributed by atoms with Crippen LogP contribution in [0.3, 0.4) is 0 Å². The van der Waals surface area contributed by atoms with Crippen LogP contribution in [0.1, 0.15) is 19.7 Å². The van der Waals surface area contributed by atoms with E-state index in [2.05, 4.69) is 10.2 Å². The Balaban J connectivity index is 2.55. The zero-order chi connectivity index (χ0) is 10.6. The summed E-state index contributed by atoms with van der Waals surface area (Å²) < 4.78 is 5.31. The number of aromatic nitrogens is 2. The average molecular weight is 232 g/mol. The zero-order valence-corrected chi connectivity index (χ0v) is 9.94. The quantitative estimate of drug-likeness (QED) is 0.724. The summed E-state index contributed by atoms with van der Waals surface area (Å²) in [5.41, 5.74) is 0. The van der Waals surface area contributed by atoms with Gasteiger partial charge in [0.25, 0.3) is 5.22 Å². The predicted molar refractivity (Wildman–Crippen MR) is 57.5 cm³/mol. The molecule has 0 N–H and O–H groups in total. The van der Waals surface area contributed by atoms with E-state index in [4.69, 9.17) is 4.42 Å². The van der Waals surface area contributed by atoms with Gasteiger partial charge in [-0.2, -0.15) is 11.8 Å². The molecule has 6 heteroatoms. The van der Waals surface area contributed by atoms with Gasteiger partial charge in [0, 0.05) is 0 Å². The van der Waals surface area contributed by atoms with E-state index in [0.717, 1.165) is 0 Å². The van der Waals surface area contributed by atoms with Gasteiger partial charge in [-0.15, -0.1) is 10.2 Å². The Morgan fingerprint density at radius 3 is 2.86 bits per heavy atom. The Morgan fingerprint density at radius 1 is 1.57 bits per heavy atom. The van der Waals surface area contributed by atoms with Crippen LogP contribution in [0.2, 0.25) is 0 Å². The number of thioether (sulfide) groups is 2. The van der Waals surface area contributed by atoms with Gasteiger partial charge in [-0.25, -0.2) is 0 Å². The van der Waals surface area contributed by atoms with Crippen molar-refractivity contribution in [3.05, 3.63) is 5.89 Å². The zero-order valence-electron chi connectivity index (χ0n) is 8.31. The Bertz CT molecular complexity index is 314. The second-order valence-corrected chi connectivity index (χ2v) is 4.92. The van der Waals surface area contributed by atoms with Crippen molar-refractivity contribution in [3.8, 4) is 0 Å². The molecular formula is C8H12N2O2S2. The van der Waals surface area contributed by atoms with E-state index in [-0.39, 0.29) is 11.0 Å². The second-order valence-electron chi connectivity index (χ2n) is 2.77. The van der Waals surface area contributed by atoms with E-state index in [1.54, 1.807) is 18.7 Å². The molecule has 1 heterocycles. The molecule has 1 aromatic heterocycles. The van der Waals surface area contributed by atoms with Crippen LogP contribution in [0.15, 0.2) is 9.64 Å². The highest BCUT2D eigenvalue weighted by Gasteiger charge is 2.14. The third-order valence-corrected chi connectivity index (χ3v) is 3.15. The van der Waals surface area contributed by atoms with Crippen LogP contribution in [0.25, 0.3) is 0 Å². The number of rotatable bonds is 5. The van der Waals surface area contributed by atoms with E-state index < -0.39 is 0 Å². The molecule has 0 spiro atoms. The average Bonchev–Trinajstić information content (AvgIpc) is 2.53. The van der Waals surface area contributed by atoms with E-state index in [0.29, 0.717) is 16.9 Å². The lowest BCUT2D eigenvalue weighted by Crippen LogP contribution is -2.07. The first-order valence-electron chi connectivity index (χ1n) is 4.12. The third-order valence-electron chi connectivity index (χ3n) is 1.57. The van der Waals surface area contributed by atoms with Gasteiger partial charge in [-0.1, -0.05) is 11.8 Å². The van der Waals surface area contributed by atoms with Crippen molar-refractivity contribution < 1.29 is 9.21 Å². The van der Waals surface area contributed by atoms with Crippen molar-refractivity contribution in [1.82, 2.24) is 10.2 Å². The summed E-state index contributed by atoms with van der Waals surface area (Å²) in [5.74, 6) is 1.43. The molecule has 1 aromatic rings. The summed E-state index contributed by atoms with van der Waals surface area (Å²) in [6, 6.07) is 0. The minimum Gasteiger partial charge on any atom is -0.415 e. The molecule has 0 fully saturated rings. The van der Waals surface area contributed by atoms with E-state index in [9.17, 15) is 4.79 Å². The standard InChI is InChI=1S/C8H12N2O2S2/c1-5(11)6(2)14-8-10-9-7(12-8)4-13-3/h6H,4H2,1-3H3/t6-/m1/s1. The van der Waals surface area contributed by atoms with Gasteiger partial charge in [0.05, 0.1) is 11.0 Å². The van der Waals surface area contributed by atoms with Crippen molar-refractivity contribution in [2.24, 2.45) is 0 Å². The van der Waals surface area contributed by atoms with Crippen molar-refractivity contribution >= 4 is 29.3 Å². The lowest BCUT2D eigenvalue weighted by Gasteiger charge is -2.00. The smallest absolute Gasteiger partial charge is 0.277 e. The molecule has 0 aliphatic rings. The molecule has 1 rings (SSSR count). The van der Waals surface area contributed by atoms with Gasteiger partial charge in [0.2, 0.25) is 5.89 Å². The monoisotopic (exact) mass is 232 g/mol. The summed E-state index contributed by atoms with van der Waals surface area (Å²) >= 11 is 2.92. The minimum atomic E-state index is -0.127. The van der Waals surface area contributed by atoms with Crippen LogP contribution in [-0.2, 0) is 10.5 Å². The molecule has 0 unspecified atom stereocenters. The van der Waals surface area contributed by atoms with Gasteiger partial charge < -0.3 is 4.42 Å². The molecule has 14 heavy (non-hydrogen) atoms. The molecular weight excluding hydrogens is 220 g/mol. The maximum absolute atomic E-state index is 11.0. The number of carbonyl (C=O) groups is 1. The first-order chi connectivity index (χ1) is 6.63.